The van der Waals surface area contributed by atoms with E-state index in [2.05, 4.69) is 20.8 Å². The lowest BCUT2D eigenvalue weighted by atomic mass is 10.0. The monoisotopic (exact) mass is 413 g/mol. The summed E-state index contributed by atoms with van der Waals surface area (Å²) in [7, 11) is 3.42. The summed E-state index contributed by atoms with van der Waals surface area (Å²) in [6.07, 6.45) is 2.43. The quantitative estimate of drug-likeness (QED) is 0.721. The Kier molecular flexibility index (Phi) is 6.75. The predicted molar refractivity (Wildman–Crippen MR) is 118 cm³/mol. The topological polar surface area (TPSA) is 28.2 Å². The highest BCUT2D eigenvalue weighted by atomic mass is 19.1. The number of rotatable bonds is 6. The number of ether oxygens (including phenoxy) is 2. The van der Waals surface area contributed by atoms with Crippen molar-refractivity contribution >= 4 is 5.69 Å². The van der Waals surface area contributed by atoms with Crippen LogP contribution in [0.25, 0.3) is 0 Å². The third-order valence-electron chi connectivity index (χ3n) is 6.39. The van der Waals surface area contributed by atoms with Crippen LogP contribution in [0.4, 0.5) is 10.1 Å². The van der Waals surface area contributed by atoms with Gasteiger partial charge in [0.15, 0.2) is 0 Å². The molecule has 2 fully saturated rings. The van der Waals surface area contributed by atoms with Crippen LogP contribution >= 0.6 is 0 Å². The average Bonchev–Trinajstić information content (AvgIpc) is 2.80. The number of benzene rings is 2. The third kappa shape index (κ3) is 4.71. The SMILES string of the molecule is COc1ccc(OC)c(CN2CCC[C@@H](N3CCN(c4ccccc4F)CC3)C2)c1. The number of piperazine rings is 1. The van der Waals surface area contributed by atoms with Gasteiger partial charge in [-0.1, -0.05) is 12.1 Å². The van der Waals surface area contributed by atoms with Crippen molar-refractivity contribution in [2.75, 3.05) is 58.4 Å². The zero-order valence-corrected chi connectivity index (χ0v) is 18.0. The summed E-state index contributed by atoms with van der Waals surface area (Å²) < 4.78 is 25.1. The molecule has 4 rings (SSSR count). The number of hydrogen-bond donors (Lipinski definition) is 0. The van der Waals surface area contributed by atoms with Crippen molar-refractivity contribution < 1.29 is 13.9 Å². The molecule has 0 N–H and O–H groups in total. The Morgan fingerprint density at radius 2 is 1.77 bits per heavy atom. The van der Waals surface area contributed by atoms with Gasteiger partial charge in [-0.15, -0.1) is 0 Å². The number of piperidine rings is 1. The van der Waals surface area contributed by atoms with E-state index < -0.39 is 0 Å². The first-order valence-electron chi connectivity index (χ1n) is 10.8. The second-order valence-corrected chi connectivity index (χ2v) is 8.18. The van der Waals surface area contributed by atoms with E-state index >= 15 is 0 Å². The van der Waals surface area contributed by atoms with Crippen molar-refractivity contribution in [3.05, 3.63) is 53.8 Å². The van der Waals surface area contributed by atoms with E-state index in [-0.39, 0.29) is 5.82 Å². The second kappa shape index (κ2) is 9.67. The summed E-state index contributed by atoms with van der Waals surface area (Å²) >= 11 is 0. The highest BCUT2D eigenvalue weighted by Crippen LogP contribution is 2.28. The maximum atomic E-state index is 14.1. The first-order chi connectivity index (χ1) is 14.7. The van der Waals surface area contributed by atoms with E-state index in [1.54, 1.807) is 26.4 Å². The summed E-state index contributed by atoms with van der Waals surface area (Å²) in [5, 5.41) is 0. The summed E-state index contributed by atoms with van der Waals surface area (Å²) in [4.78, 5) is 7.29. The maximum Gasteiger partial charge on any atom is 0.146 e. The molecule has 0 amide bonds. The Bertz CT molecular complexity index is 839. The highest BCUT2D eigenvalue weighted by Gasteiger charge is 2.29. The predicted octanol–water partition coefficient (Wildman–Crippen LogP) is 3.63. The Morgan fingerprint density at radius 3 is 2.50 bits per heavy atom. The van der Waals surface area contributed by atoms with Crippen LogP contribution in [0.15, 0.2) is 42.5 Å². The molecule has 2 heterocycles. The van der Waals surface area contributed by atoms with Crippen LogP contribution in [0.1, 0.15) is 18.4 Å². The minimum absolute atomic E-state index is 0.123. The average molecular weight is 414 g/mol. The van der Waals surface area contributed by atoms with Gasteiger partial charge in [0.25, 0.3) is 0 Å². The normalized spacial score (nSPS) is 20.9. The molecule has 2 saturated heterocycles. The molecule has 2 aliphatic heterocycles. The minimum atomic E-state index is -0.123. The second-order valence-electron chi connectivity index (χ2n) is 8.18. The van der Waals surface area contributed by atoms with Crippen LogP contribution in [-0.2, 0) is 6.54 Å². The van der Waals surface area contributed by atoms with Crippen molar-refractivity contribution in [1.29, 1.82) is 0 Å². The van der Waals surface area contributed by atoms with Crippen molar-refractivity contribution in [2.45, 2.75) is 25.4 Å². The van der Waals surface area contributed by atoms with Crippen LogP contribution in [0.5, 0.6) is 11.5 Å². The largest absolute Gasteiger partial charge is 0.497 e. The van der Waals surface area contributed by atoms with Gasteiger partial charge in [0.05, 0.1) is 19.9 Å². The molecular weight excluding hydrogens is 381 g/mol. The molecular formula is C24H32FN3O2. The summed E-state index contributed by atoms with van der Waals surface area (Å²) in [5.74, 6) is 1.65. The van der Waals surface area contributed by atoms with Crippen molar-refractivity contribution in [3.63, 3.8) is 0 Å². The Labute approximate surface area is 179 Å². The third-order valence-corrected chi connectivity index (χ3v) is 6.39. The molecule has 2 aromatic carbocycles. The Balaban J connectivity index is 1.35. The van der Waals surface area contributed by atoms with E-state index in [4.69, 9.17) is 9.47 Å². The molecule has 0 spiro atoms. The van der Waals surface area contributed by atoms with Crippen LogP contribution < -0.4 is 14.4 Å². The van der Waals surface area contributed by atoms with Gasteiger partial charge in [-0.25, -0.2) is 4.39 Å². The van der Waals surface area contributed by atoms with Crippen LogP contribution in [0.3, 0.4) is 0 Å². The fraction of sp³-hybridized carbons (Fsp3) is 0.500. The van der Waals surface area contributed by atoms with Crippen LogP contribution in [0.2, 0.25) is 0 Å². The van der Waals surface area contributed by atoms with Crippen molar-refractivity contribution in [2.24, 2.45) is 0 Å². The van der Waals surface area contributed by atoms with Crippen LogP contribution in [-0.4, -0.2) is 69.3 Å². The zero-order chi connectivity index (χ0) is 20.9. The smallest absolute Gasteiger partial charge is 0.146 e. The van der Waals surface area contributed by atoms with Gasteiger partial charge in [0.1, 0.15) is 17.3 Å². The Morgan fingerprint density at radius 1 is 0.967 bits per heavy atom. The van der Waals surface area contributed by atoms with Gasteiger partial charge in [0, 0.05) is 50.9 Å². The molecule has 2 aliphatic rings. The van der Waals surface area contributed by atoms with Gasteiger partial charge in [-0.2, -0.15) is 0 Å². The number of nitrogens with zero attached hydrogens (tertiary/aromatic N) is 3. The fourth-order valence-corrected chi connectivity index (χ4v) is 4.76. The van der Waals surface area contributed by atoms with E-state index in [0.29, 0.717) is 6.04 Å². The number of likely N-dealkylation sites (tertiary alicyclic amines) is 1. The molecule has 1 atom stereocenters. The van der Waals surface area contributed by atoms with E-state index in [1.807, 2.05) is 24.3 Å². The molecule has 30 heavy (non-hydrogen) atoms. The summed E-state index contributed by atoms with van der Waals surface area (Å²) in [6, 6.07) is 13.7. The lowest BCUT2D eigenvalue weighted by Gasteiger charge is -2.44. The first-order valence-corrected chi connectivity index (χ1v) is 10.8. The first kappa shape index (κ1) is 20.9. The van der Waals surface area contributed by atoms with Gasteiger partial charge in [-0.05, 0) is 49.7 Å². The van der Waals surface area contributed by atoms with Crippen LogP contribution in [0, 0.1) is 5.82 Å². The zero-order valence-electron chi connectivity index (χ0n) is 18.0. The number of hydrogen-bond acceptors (Lipinski definition) is 5. The number of para-hydroxylation sites is 1. The molecule has 0 unspecified atom stereocenters. The van der Waals surface area contributed by atoms with E-state index in [0.717, 1.165) is 63.0 Å². The molecule has 0 aromatic heterocycles. The lowest BCUT2D eigenvalue weighted by Crippen LogP contribution is -2.55. The molecule has 0 bridgehead atoms. The Hall–Kier alpha value is -2.31. The summed E-state index contributed by atoms with van der Waals surface area (Å²) in [6.45, 7) is 6.74. The maximum absolute atomic E-state index is 14.1. The van der Waals surface area contributed by atoms with Gasteiger partial charge in [0.2, 0.25) is 0 Å². The van der Waals surface area contributed by atoms with Gasteiger partial charge in [-0.3, -0.25) is 9.80 Å². The summed E-state index contributed by atoms with van der Waals surface area (Å²) in [5.41, 5.74) is 1.90. The minimum Gasteiger partial charge on any atom is -0.497 e. The van der Waals surface area contributed by atoms with E-state index in [9.17, 15) is 4.39 Å². The number of anilines is 1. The number of methoxy groups -OCH3 is 2. The molecule has 0 saturated carbocycles. The lowest BCUT2D eigenvalue weighted by molar-refractivity contribution is 0.0882. The molecule has 5 nitrogen and oxygen atoms in total. The molecule has 6 heteroatoms. The van der Waals surface area contributed by atoms with E-state index in [1.165, 1.54) is 18.4 Å². The molecule has 162 valence electrons. The van der Waals surface area contributed by atoms with Gasteiger partial charge >= 0.3 is 0 Å². The fourth-order valence-electron chi connectivity index (χ4n) is 4.76. The van der Waals surface area contributed by atoms with Crippen molar-refractivity contribution in [1.82, 2.24) is 9.80 Å². The highest BCUT2D eigenvalue weighted by molar-refractivity contribution is 5.48. The van der Waals surface area contributed by atoms with Crippen molar-refractivity contribution in [3.8, 4) is 11.5 Å². The molecule has 2 aromatic rings. The number of halogens is 1. The standard InChI is InChI=1S/C24H32FN3O2/c1-29-21-9-10-24(30-2)19(16-21)17-26-11-5-6-20(18-26)27-12-14-28(15-13-27)23-8-4-3-7-22(23)25/h3-4,7-10,16,20H,5-6,11-15,17-18H2,1-2H3/t20-/m1/s1. The molecule has 0 radical (unpaired) electrons. The van der Waals surface area contributed by atoms with Gasteiger partial charge < -0.3 is 14.4 Å². The molecule has 0 aliphatic carbocycles.